The summed E-state index contributed by atoms with van der Waals surface area (Å²) in [6, 6.07) is -0.705. The van der Waals surface area contributed by atoms with Crippen LogP contribution >= 0.6 is 0 Å². The molecular weight excluding hydrogens is 272 g/mol. The standard InChI is InChI=1S/C15H30N2O4/c1-11(21-15(5,6)7)8-16-13(19)12(17-10-18)9-20-14(2,3)4/h10-12H,8-9H2,1-7H3,(H,16,19)(H,17,18). The minimum atomic E-state index is -0.705. The Morgan fingerprint density at radius 2 is 1.71 bits per heavy atom. The number of nitrogens with one attached hydrogen (secondary N) is 2. The number of carbonyl (C=O) groups is 2. The van der Waals surface area contributed by atoms with Gasteiger partial charge in [-0.1, -0.05) is 0 Å². The SMILES string of the molecule is CC(CNC(=O)C(COC(C)(C)C)NC=O)OC(C)(C)C. The molecule has 6 nitrogen and oxygen atoms in total. The van der Waals surface area contributed by atoms with Crippen molar-refractivity contribution in [3.8, 4) is 0 Å². The molecule has 0 aliphatic heterocycles. The van der Waals surface area contributed by atoms with Crippen molar-refractivity contribution in [2.75, 3.05) is 13.2 Å². The third-order valence-electron chi connectivity index (χ3n) is 2.39. The van der Waals surface area contributed by atoms with Crippen LogP contribution in [0.15, 0.2) is 0 Å². The summed E-state index contributed by atoms with van der Waals surface area (Å²) in [4.78, 5) is 22.7. The van der Waals surface area contributed by atoms with E-state index in [0.29, 0.717) is 13.0 Å². The Morgan fingerprint density at radius 3 is 2.14 bits per heavy atom. The van der Waals surface area contributed by atoms with Gasteiger partial charge in [0.15, 0.2) is 0 Å². The Labute approximate surface area is 127 Å². The highest BCUT2D eigenvalue weighted by molar-refractivity contribution is 5.83. The Morgan fingerprint density at radius 1 is 1.14 bits per heavy atom. The van der Waals surface area contributed by atoms with Gasteiger partial charge in [0.25, 0.3) is 0 Å². The molecule has 2 unspecified atom stereocenters. The third-order valence-corrected chi connectivity index (χ3v) is 2.39. The summed E-state index contributed by atoms with van der Waals surface area (Å²) in [6.07, 6.45) is 0.389. The maximum Gasteiger partial charge on any atom is 0.245 e. The molecule has 21 heavy (non-hydrogen) atoms. The maximum atomic E-state index is 12.1. The van der Waals surface area contributed by atoms with Gasteiger partial charge < -0.3 is 20.1 Å². The molecule has 0 bridgehead atoms. The van der Waals surface area contributed by atoms with Gasteiger partial charge >= 0.3 is 0 Å². The van der Waals surface area contributed by atoms with E-state index < -0.39 is 6.04 Å². The first-order valence-electron chi connectivity index (χ1n) is 7.24. The predicted molar refractivity (Wildman–Crippen MR) is 82.0 cm³/mol. The highest BCUT2D eigenvalue weighted by Gasteiger charge is 2.22. The molecule has 2 atom stereocenters. The van der Waals surface area contributed by atoms with E-state index in [2.05, 4.69) is 10.6 Å². The van der Waals surface area contributed by atoms with Crippen LogP contribution in [0.2, 0.25) is 0 Å². The highest BCUT2D eigenvalue weighted by atomic mass is 16.5. The average molecular weight is 302 g/mol. The molecule has 2 amide bonds. The second-order valence-electron chi connectivity index (χ2n) is 7.05. The first kappa shape index (κ1) is 19.9. The highest BCUT2D eigenvalue weighted by Crippen LogP contribution is 2.10. The number of hydrogen-bond acceptors (Lipinski definition) is 4. The van der Waals surface area contributed by atoms with Crippen LogP contribution in [0, 0.1) is 0 Å². The lowest BCUT2D eigenvalue weighted by molar-refractivity contribution is -0.130. The lowest BCUT2D eigenvalue weighted by Gasteiger charge is -2.26. The summed E-state index contributed by atoms with van der Waals surface area (Å²) < 4.78 is 11.2. The van der Waals surface area contributed by atoms with Crippen molar-refractivity contribution in [1.29, 1.82) is 0 Å². The molecule has 0 heterocycles. The predicted octanol–water partition coefficient (Wildman–Crippen LogP) is 1.24. The van der Waals surface area contributed by atoms with E-state index in [9.17, 15) is 9.59 Å². The molecule has 0 radical (unpaired) electrons. The summed E-state index contributed by atoms with van der Waals surface area (Å²) in [6.45, 7) is 13.9. The van der Waals surface area contributed by atoms with Crippen molar-refractivity contribution in [3.63, 3.8) is 0 Å². The van der Waals surface area contributed by atoms with Crippen LogP contribution in [-0.2, 0) is 19.1 Å². The van der Waals surface area contributed by atoms with E-state index in [1.54, 1.807) is 0 Å². The van der Waals surface area contributed by atoms with Crippen molar-refractivity contribution >= 4 is 12.3 Å². The van der Waals surface area contributed by atoms with E-state index in [0.717, 1.165) is 0 Å². The lowest BCUT2D eigenvalue weighted by atomic mass is 10.2. The number of ether oxygens (including phenoxy) is 2. The molecule has 0 aliphatic carbocycles. The molecule has 124 valence electrons. The van der Waals surface area contributed by atoms with Crippen LogP contribution in [0.1, 0.15) is 48.5 Å². The zero-order valence-corrected chi connectivity index (χ0v) is 14.3. The maximum absolute atomic E-state index is 12.1. The molecule has 0 saturated heterocycles. The van der Waals surface area contributed by atoms with Gasteiger partial charge in [-0.05, 0) is 48.5 Å². The average Bonchev–Trinajstić information content (AvgIpc) is 2.28. The fraction of sp³-hybridized carbons (Fsp3) is 0.867. The van der Waals surface area contributed by atoms with Crippen LogP contribution in [0.25, 0.3) is 0 Å². The molecule has 0 aromatic carbocycles. The quantitative estimate of drug-likeness (QED) is 0.661. The van der Waals surface area contributed by atoms with Gasteiger partial charge in [-0.15, -0.1) is 0 Å². The van der Waals surface area contributed by atoms with Gasteiger partial charge in [-0.2, -0.15) is 0 Å². The van der Waals surface area contributed by atoms with E-state index >= 15 is 0 Å². The zero-order chi connectivity index (χ0) is 16.7. The second kappa shape index (κ2) is 8.34. The van der Waals surface area contributed by atoms with E-state index in [1.165, 1.54) is 0 Å². The van der Waals surface area contributed by atoms with Gasteiger partial charge in [0.1, 0.15) is 6.04 Å². The number of hydrogen-bond donors (Lipinski definition) is 2. The van der Waals surface area contributed by atoms with E-state index in [4.69, 9.17) is 9.47 Å². The number of amides is 2. The van der Waals surface area contributed by atoms with Crippen LogP contribution in [0.5, 0.6) is 0 Å². The summed E-state index contributed by atoms with van der Waals surface area (Å²) in [5.74, 6) is -0.282. The van der Waals surface area contributed by atoms with Crippen LogP contribution in [0.3, 0.4) is 0 Å². The molecule has 2 N–H and O–H groups in total. The Bertz CT molecular complexity index is 332. The van der Waals surface area contributed by atoms with Crippen molar-refractivity contribution in [3.05, 3.63) is 0 Å². The first-order chi connectivity index (χ1) is 9.44. The summed E-state index contributed by atoms with van der Waals surface area (Å²) in [5, 5.41) is 5.23. The van der Waals surface area contributed by atoms with Gasteiger partial charge in [0, 0.05) is 6.54 Å². The summed E-state index contributed by atoms with van der Waals surface area (Å²) >= 11 is 0. The Balaban J connectivity index is 4.32. The third kappa shape index (κ3) is 11.2. The first-order valence-corrected chi connectivity index (χ1v) is 7.24. The van der Waals surface area contributed by atoms with Crippen molar-refractivity contribution in [1.82, 2.24) is 10.6 Å². The molecule has 0 saturated carbocycles. The lowest BCUT2D eigenvalue weighted by Crippen LogP contribution is -2.49. The number of rotatable bonds is 8. The molecule has 0 aromatic heterocycles. The molecule has 0 fully saturated rings. The molecule has 0 rings (SSSR count). The molecule has 6 heteroatoms. The van der Waals surface area contributed by atoms with Gasteiger partial charge in [-0.25, -0.2) is 0 Å². The van der Waals surface area contributed by atoms with E-state index in [-0.39, 0.29) is 29.8 Å². The Kier molecular flexibility index (Phi) is 7.89. The topological polar surface area (TPSA) is 76.7 Å². The van der Waals surface area contributed by atoms with Crippen molar-refractivity contribution < 1.29 is 19.1 Å². The number of carbonyl (C=O) groups excluding carboxylic acids is 2. The van der Waals surface area contributed by atoms with E-state index in [1.807, 2.05) is 48.5 Å². The summed E-state index contributed by atoms with van der Waals surface area (Å²) in [5.41, 5.74) is -0.633. The fourth-order valence-electron chi connectivity index (χ4n) is 1.63. The largest absolute Gasteiger partial charge is 0.373 e. The zero-order valence-electron chi connectivity index (χ0n) is 14.3. The monoisotopic (exact) mass is 302 g/mol. The molecule has 0 aliphatic rings. The van der Waals surface area contributed by atoms with Crippen LogP contribution < -0.4 is 10.6 Å². The van der Waals surface area contributed by atoms with Crippen LogP contribution in [0.4, 0.5) is 0 Å². The molecule has 0 aromatic rings. The Hall–Kier alpha value is -1.14. The van der Waals surface area contributed by atoms with Gasteiger partial charge in [0.05, 0.1) is 23.9 Å². The fourth-order valence-corrected chi connectivity index (χ4v) is 1.63. The molecular formula is C15H30N2O4. The minimum Gasteiger partial charge on any atom is -0.373 e. The van der Waals surface area contributed by atoms with Crippen LogP contribution in [-0.4, -0.2) is 48.8 Å². The van der Waals surface area contributed by atoms with Gasteiger partial charge in [-0.3, -0.25) is 9.59 Å². The van der Waals surface area contributed by atoms with Gasteiger partial charge in [0.2, 0.25) is 12.3 Å². The normalized spacial score (nSPS) is 15.2. The summed E-state index contributed by atoms with van der Waals surface area (Å²) in [7, 11) is 0. The smallest absolute Gasteiger partial charge is 0.245 e. The molecule has 0 spiro atoms. The van der Waals surface area contributed by atoms with Crippen molar-refractivity contribution in [2.45, 2.75) is 71.8 Å². The second-order valence-corrected chi connectivity index (χ2v) is 7.05. The van der Waals surface area contributed by atoms with Crippen molar-refractivity contribution in [2.24, 2.45) is 0 Å². The minimum absolute atomic E-state index is 0.116.